The quantitative estimate of drug-likeness (QED) is 0.176. The number of fused-ring (bicyclic) bond motifs is 20. The molecule has 7 aromatic rings. The first-order chi connectivity index (χ1) is 19.8. The molecular weight excluding hydrogens is 618 g/mol. The van der Waals surface area contributed by atoms with E-state index >= 15 is 0 Å². The Balaban J connectivity index is 0.00000144. The van der Waals surface area contributed by atoms with Gasteiger partial charge in [-0.05, 0) is 0 Å². The average molecular weight is 636 g/mol. The van der Waals surface area contributed by atoms with Gasteiger partial charge >= 0.3 is 0 Å². The molecule has 2 N–H and O–H groups in total. The summed E-state index contributed by atoms with van der Waals surface area (Å²) in [4.78, 5) is 36.8. The van der Waals surface area contributed by atoms with E-state index in [1.54, 1.807) is 0 Å². The molecule has 4 aromatic carbocycles. The molecule has 5 heterocycles. The Kier molecular flexibility index (Phi) is 6.28. The zero-order valence-corrected chi connectivity index (χ0v) is 26.1. The average Bonchev–Trinajstić information content (AvgIpc) is 3.73. The fourth-order valence-corrected chi connectivity index (χ4v) is 5.59. The van der Waals surface area contributed by atoms with Crippen LogP contribution in [0.25, 0.3) is 89.7 Å². The summed E-state index contributed by atoms with van der Waals surface area (Å²) in [5.41, 5.74) is 6.45. The Morgan fingerprint density at radius 2 is 0.571 bits per heavy atom. The number of hydrogen-bond acceptors (Lipinski definition) is 6. The predicted molar refractivity (Wildman–Crippen MR) is 156 cm³/mol. The zero-order chi connectivity index (χ0) is 26.2. The summed E-state index contributed by atoms with van der Waals surface area (Å²) in [6.07, 6.45) is 0. The van der Waals surface area contributed by atoms with Gasteiger partial charge in [0.1, 0.15) is 22.6 Å². The molecule has 0 aliphatic carbocycles. The van der Waals surface area contributed by atoms with Crippen molar-refractivity contribution < 1.29 is 36.5 Å². The summed E-state index contributed by atoms with van der Waals surface area (Å²) in [6.45, 7) is 0. The third-order valence-electron chi connectivity index (χ3n) is 7.46. The van der Waals surface area contributed by atoms with Gasteiger partial charge in [0.05, 0.1) is 0 Å². The van der Waals surface area contributed by atoms with Gasteiger partial charge < -0.3 is 9.97 Å². The van der Waals surface area contributed by atoms with Gasteiger partial charge in [-0.15, -0.1) is 0 Å². The van der Waals surface area contributed by atoms with E-state index in [9.17, 15) is 0 Å². The first-order valence-electron chi connectivity index (χ1n) is 13.0. The molecule has 0 fully saturated rings. The standard InChI is InChI=1S/C32H18N8.Fe.Zn/c1-2-10-18-17(9-1)25-33-26(18)38-28-21-13-5-6-14-22(21)30(35-28)40-32-24-16-8-7-15-23(24)31(36-32)39-29-20-12-4-3-11-19(20)27(34-29)37-25;;/h1-16H,(H2,33,34,35,36,37,38,39,40);;. The Hall–Kier alpha value is -4.62. The van der Waals surface area contributed by atoms with Crippen LogP contribution in [-0.2, 0) is 36.5 Å². The number of H-pyrrole nitrogens is 2. The Bertz CT molecular complexity index is 2040. The molecule has 8 nitrogen and oxygen atoms in total. The minimum atomic E-state index is 0. The second-order valence-electron chi connectivity index (χ2n) is 9.79. The second-order valence-corrected chi connectivity index (χ2v) is 9.79. The van der Waals surface area contributed by atoms with Gasteiger partial charge in [-0.3, -0.25) is 0 Å². The largest absolute Gasteiger partial charge is 0.324 e. The number of nitrogens with one attached hydrogen (secondary N) is 2. The molecule has 0 atom stereocenters. The van der Waals surface area contributed by atoms with Gasteiger partial charge in [-0.1, -0.05) is 97.1 Å². The van der Waals surface area contributed by atoms with E-state index in [4.69, 9.17) is 29.9 Å². The summed E-state index contributed by atoms with van der Waals surface area (Å²) in [5.74, 6) is 2.39. The minimum Gasteiger partial charge on any atom is -0.324 e. The van der Waals surface area contributed by atoms with E-state index in [1.807, 2.05) is 97.1 Å². The molecule has 3 aromatic heterocycles. The summed E-state index contributed by atoms with van der Waals surface area (Å²) < 4.78 is 0. The van der Waals surface area contributed by atoms with Crippen LogP contribution >= 0.6 is 0 Å². The molecule has 9 rings (SSSR count). The van der Waals surface area contributed by atoms with Crippen LogP contribution in [0.15, 0.2) is 97.1 Å². The van der Waals surface area contributed by atoms with Crippen LogP contribution in [0.3, 0.4) is 0 Å². The molecule has 196 valence electrons. The first-order valence-corrected chi connectivity index (χ1v) is 13.0. The predicted octanol–water partition coefficient (Wildman–Crippen LogP) is 6.86. The Morgan fingerprint density at radius 1 is 0.333 bits per heavy atom. The molecule has 10 heteroatoms. The van der Waals surface area contributed by atoms with Crippen molar-refractivity contribution in [3.63, 3.8) is 0 Å². The molecule has 0 spiro atoms. The maximum atomic E-state index is 5.02. The molecule has 0 saturated heterocycles. The topological polar surface area (TPSA) is 109 Å². The van der Waals surface area contributed by atoms with E-state index in [1.165, 1.54) is 0 Å². The smallest absolute Gasteiger partial charge is 0.164 e. The zero-order valence-electron chi connectivity index (χ0n) is 22.0. The van der Waals surface area contributed by atoms with Crippen molar-refractivity contribution in [3.8, 4) is 45.6 Å². The summed E-state index contributed by atoms with van der Waals surface area (Å²) in [5, 5.41) is 3.82. The Morgan fingerprint density at radius 3 is 0.833 bits per heavy atom. The van der Waals surface area contributed by atoms with Crippen molar-refractivity contribution in [1.29, 1.82) is 0 Å². The number of rotatable bonds is 0. The molecule has 0 unspecified atom stereocenters. The Labute approximate surface area is 262 Å². The molecule has 0 amide bonds. The van der Waals surface area contributed by atoms with Crippen molar-refractivity contribution in [2.75, 3.05) is 0 Å². The van der Waals surface area contributed by atoms with Crippen LogP contribution in [0, 0.1) is 0 Å². The monoisotopic (exact) mass is 634 g/mol. The maximum Gasteiger partial charge on any atom is 0.164 e. The number of aromatic nitrogens is 8. The second kappa shape index (κ2) is 10.0. The van der Waals surface area contributed by atoms with E-state index in [-0.39, 0.29) is 36.5 Å². The first kappa shape index (κ1) is 26.3. The number of hydrogen-bond donors (Lipinski definition) is 2. The minimum absolute atomic E-state index is 0. The molecule has 0 saturated carbocycles. The van der Waals surface area contributed by atoms with Crippen LogP contribution < -0.4 is 0 Å². The van der Waals surface area contributed by atoms with Gasteiger partial charge in [-0.2, -0.15) is 0 Å². The van der Waals surface area contributed by atoms with E-state index in [0.29, 0.717) is 45.9 Å². The van der Waals surface area contributed by atoms with Crippen molar-refractivity contribution in [1.82, 2.24) is 39.9 Å². The van der Waals surface area contributed by atoms with Crippen molar-refractivity contribution in [2.24, 2.45) is 0 Å². The van der Waals surface area contributed by atoms with Gasteiger partial charge in [0.2, 0.25) is 0 Å². The summed E-state index contributed by atoms with van der Waals surface area (Å²) >= 11 is 0. The van der Waals surface area contributed by atoms with Crippen LogP contribution in [0.5, 0.6) is 0 Å². The summed E-state index contributed by atoms with van der Waals surface area (Å²) in [7, 11) is 0. The molecule has 8 bridgehead atoms. The van der Waals surface area contributed by atoms with Crippen LogP contribution in [0.2, 0.25) is 0 Å². The van der Waals surface area contributed by atoms with E-state index in [0.717, 1.165) is 43.8 Å². The maximum absolute atomic E-state index is 5.02. The third kappa shape index (κ3) is 3.91. The van der Waals surface area contributed by atoms with Gasteiger partial charge in [0, 0.05) is 80.3 Å². The SMILES string of the molecule is [Fe].[Zn].c1ccc2c(c1)-c1nc-2nc2[nH]c(nc3nc(nc4[nH]c(n1)c1ccccc41)-c1ccccc1-3)c1ccccc21. The van der Waals surface area contributed by atoms with Crippen LogP contribution in [0.4, 0.5) is 0 Å². The van der Waals surface area contributed by atoms with Crippen molar-refractivity contribution in [2.45, 2.75) is 0 Å². The fraction of sp³-hybridized carbons (Fsp3) is 0. The van der Waals surface area contributed by atoms with Gasteiger partial charge in [-0.25, -0.2) is 29.9 Å². The third-order valence-corrected chi connectivity index (χ3v) is 7.46. The van der Waals surface area contributed by atoms with E-state index in [2.05, 4.69) is 9.97 Å². The normalized spacial score (nSPS) is 11.4. The van der Waals surface area contributed by atoms with Crippen LogP contribution in [0.1, 0.15) is 0 Å². The number of benzene rings is 4. The van der Waals surface area contributed by atoms with Crippen molar-refractivity contribution >= 4 is 44.1 Å². The summed E-state index contributed by atoms with van der Waals surface area (Å²) in [6, 6.07) is 32.2. The number of nitrogens with zero attached hydrogens (tertiary/aromatic N) is 6. The van der Waals surface area contributed by atoms with E-state index < -0.39 is 0 Å². The fourth-order valence-electron chi connectivity index (χ4n) is 5.59. The van der Waals surface area contributed by atoms with Gasteiger partial charge in [0.15, 0.2) is 23.3 Å². The molecule has 2 aliphatic heterocycles. The number of aromatic amines is 2. The molecular formula is C32H18FeN8Zn. The molecule has 0 radical (unpaired) electrons. The molecule has 42 heavy (non-hydrogen) atoms. The molecule has 2 aliphatic rings. The van der Waals surface area contributed by atoms with Crippen LogP contribution in [-0.4, -0.2) is 39.9 Å². The van der Waals surface area contributed by atoms with Gasteiger partial charge in [0.25, 0.3) is 0 Å². The van der Waals surface area contributed by atoms with Crippen molar-refractivity contribution in [3.05, 3.63) is 97.1 Å².